The first-order chi connectivity index (χ1) is 9.47. The number of hydrogen-bond donors (Lipinski definition) is 1. The van der Waals surface area contributed by atoms with Crippen molar-refractivity contribution in [2.24, 2.45) is 5.73 Å². The molecule has 0 fully saturated rings. The van der Waals surface area contributed by atoms with E-state index in [0.29, 0.717) is 10.8 Å². The van der Waals surface area contributed by atoms with Crippen molar-refractivity contribution in [3.8, 4) is 5.75 Å². The van der Waals surface area contributed by atoms with Crippen molar-refractivity contribution >= 4 is 11.6 Å². The molecule has 0 radical (unpaired) electrons. The van der Waals surface area contributed by atoms with E-state index >= 15 is 0 Å². The summed E-state index contributed by atoms with van der Waals surface area (Å²) in [4.78, 5) is 0. The first-order valence-electron chi connectivity index (χ1n) is 6.09. The molecule has 0 aromatic heterocycles. The molecule has 2 nitrogen and oxygen atoms in total. The average molecular weight is 298 g/mol. The summed E-state index contributed by atoms with van der Waals surface area (Å²) in [6, 6.07) is 8.41. The van der Waals surface area contributed by atoms with Gasteiger partial charge in [-0.3, -0.25) is 0 Å². The lowest BCUT2D eigenvalue weighted by atomic mass is 10.1. The smallest absolute Gasteiger partial charge is 0.138 e. The number of benzene rings is 2. The quantitative estimate of drug-likeness (QED) is 0.917. The van der Waals surface area contributed by atoms with E-state index in [1.165, 1.54) is 12.1 Å². The minimum Gasteiger partial charge on any atom is -0.487 e. The van der Waals surface area contributed by atoms with Crippen LogP contribution in [0.15, 0.2) is 36.4 Å². The predicted octanol–water partition coefficient (Wildman–Crippen LogP) is 4.22. The summed E-state index contributed by atoms with van der Waals surface area (Å²) >= 11 is 6.07. The van der Waals surface area contributed by atoms with Crippen LogP contribution < -0.4 is 10.5 Å². The highest BCUT2D eigenvalue weighted by atomic mass is 35.5. The predicted molar refractivity (Wildman–Crippen MR) is 74.7 cm³/mol. The van der Waals surface area contributed by atoms with Crippen molar-refractivity contribution in [3.05, 3.63) is 64.2 Å². The summed E-state index contributed by atoms with van der Waals surface area (Å²) in [5.74, 6) is -0.835. The van der Waals surface area contributed by atoms with E-state index in [9.17, 15) is 8.78 Å². The fourth-order valence-electron chi connectivity index (χ4n) is 1.71. The number of rotatable bonds is 4. The molecule has 0 bridgehead atoms. The van der Waals surface area contributed by atoms with Crippen LogP contribution in [0.4, 0.5) is 8.78 Å². The highest BCUT2D eigenvalue weighted by molar-refractivity contribution is 6.32. The first-order valence-corrected chi connectivity index (χ1v) is 6.47. The molecule has 0 saturated carbocycles. The number of halogens is 3. The minimum atomic E-state index is -0.645. The first kappa shape index (κ1) is 14.8. The topological polar surface area (TPSA) is 35.2 Å². The second-order valence-corrected chi connectivity index (χ2v) is 4.91. The molecule has 2 N–H and O–H groups in total. The molecule has 2 rings (SSSR count). The monoisotopic (exact) mass is 297 g/mol. The normalized spacial score (nSPS) is 12.2. The van der Waals surface area contributed by atoms with E-state index in [2.05, 4.69) is 0 Å². The standard InChI is InChI=1S/C15H14ClF2NO/c1-9(19)10-3-5-15(13(16)6-10)20-8-11-2-4-12(17)7-14(11)18/h2-7,9H,8,19H2,1H3/t9-/m0/s1. The van der Waals surface area contributed by atoms with E-state index < -0.39 is 11.6 Å². The zero-order valence-corrected chi connectivity index (χ0v) is 11.6. The lowest BCUT2D eigenvalue weighted by molar-refractivity contribution is 0.299. The fourth-order valence-corrected chi connectivity index (χ4v) is 1.96. The molecule has 0 amide bonds. The van der Waals surface area contributed by atoms with Crippen LogP contribution in [0.1, 0.15) is 24.1 Å². The second-order valence-electron chi connectivity index (χ2n) is 4.50. The van der Waals surface area contributed by atoms with Crippen molar-refractivity contribution in [1.29, 1.82) is 0 Å². The van der Waals surface area contributed by atoms with Gasteiger partial charge in [-0.05, 0) is 36.8 Å². The van der Waals surface area contributed by atoms with Gasteiger partial charge in [0.2, 0.25) is 0 Å². The summed E-state index contributed by atoms with van der Waals surface area (Å²) in [7, 11) is 0. The Morgan fingerprint density at radius 1 is 1.20 bits per heavy atom. The van der Waals surface area contributed by atoms with Gasteiger partial charge in [0.25, 0.3) is 0 Å². The van der Waals surface area contributed by atoms with Gasteiger partial charge in [0.15, 0.2) is 0 Å². The van der Waals surface area contributed by atoms with Gasteiger partial charge in [-0.1, -0.05) is 17.7 Å². The maximum atomic E-state index is 13.5. The van der Waals surface area contributed by atoms with E-state index in [4.69, 9.17) is 22.1 Å². The largest absolute Gasteiger partial charge is 0.487 e. The molecule has 0 saturated heterocycles. The van der Waals surface area contributed by atoms with Crippen LogP contribution in [0.3, 0.4) is 0 Å². The van der Waals surface area contributed by atoms with Crippen LogP contribution >= 0.6 is 11.6 Å². The Kier molecular flexibility index (Phi) is 4.57. The lowest BCUT2D eigenvalue weighted by Gasteiger charge is -2.11. The molecule has 5 heteroatoms. The molecule has 20 heavy (non-hydrogen) atoms. The highest BCUT2D eigenvalue weighted by Crippen LogP contribution is 2.28. The Balaban J connectivity index is 2.11. The molecule has 2 aromatic carbocycles. The third-order valence-corrected chi connectivity index (χ3v) is 3.18. The third kappa shape index (κ3) is 3.46. The van der Waals surface area contributed by atoms with Crippen LogP contribution in [0.5, 0.6) is 5.75 Å². The summed E-state index contributed by atoms with van der Waals surface area (Å²) in [5, 5.41) is 0.405. The summed E-state index contributed by atoms with van der Waals surface area (Å²) < 4.78 is 31.7. The van der Waals surface area contributed by atoms with Gasteiger partial charge in [-0.25, -0.2) is 8.78 Å². The molecular formula is C15H14ClF2NO. The SMILES string of the molecule is C[C@H](N)c1ccc(OCc2ccc(F)cc2F)c(Cl)c1. The van der Waals surface area contributed by atoms with Gasteiger partial charge in [0.05, 0.1) is 5.02 Å². The third-order valence-electron chi connectivity index (χ3n) is 2.88. The van der Waals surface area contributed by atoms with Crippen molar-refractivity contribution in [1.82, 2.24) is 0 Å². The molecule has 0 unspecified atom stereocenters. The second kappa shape index (κ2) is 6.20. The molecule has 1 atom stereocenters. The average Bonchev–Trinajstić information content (AvgIpc) is 2.38. The Morgan fingerprint density at radius 2 is 1.95 bits per heavy atom. The van der Waals surface area contributed by atoms with E-state index in [-0.39, 0.29) is 18.2 Å². The van der Waals surface area contributed by atoms with Gasteiger partial charge in [-0.15, -0.1) is 0 Å². The van der Waals surface area contributed by atoms with Crippen molar-refractivity contribution in [2.75, 3.05) is 0 Å². The fraction of sp³-hybridized carbons (Fsp3) is 0.200. The molecule has 0 spiro atoms. The van der Waals surface area contributed by atoms with Gasteiger partial charge in [0.1, 0.15) is 24.0 Å². The Hall–Kier alpha value is -1.65. The van der Waals surface area contributed by atoms with Gasteiger partial charge < -0.3 is 10.5 Å². The van der Waals surface area contributed by atoms with E-state index in [1.807, 2.05) is 6.92 Å². The number of ether oxygens (including phenoxy) is 1. The van der Waals surface area contributed by atoms with Crippen molar-refractivity contribution in [3.63, 3.8) is 0 Å². The van der Waals surface area contributed by atoms with Crippen molar-refractivity contribution in [2.45, 2.75) is 19.6 Å². The molecule has 0 aliphatic rings. The molecule has 2 aromatic rings. The van der Waals surface area contributed by atoms with Gasteiger partial charge in [-0.2, -0.15) is 0 Å². The van der Waals surface area contributed by atoms with Crippen LogP contribution in [-0.2, 0) is 6.61 Å². The highest BCUT2D eigenvalue weighted by Gasteiger charge is 2.08. The van der Waals surface area contributed by atoms with E-state index in [0.717, 1.165) is 11.6 Å². The summed E-state index contributed by atoms with van der Waals surface area (Å²) in [6.07, 6.45) is 0. The number of nitrogens with two attached hydrogens (primary N) is 1. The van der Waals surface area contributed by atoms with Crippen LogP contribution in [0.25, 0.3) is 0 Å². The summed E-state index contributed by atoms with van der Waals surface area (Å²) in [6.45, 7) is 1.82. The minimum absolute atomic E-state index is 0.0244. The summed E-state index contributed by atoms with van der Waals surface area (Å²) in [5.41, 5.74) is 6.89. The van der Waals surface area contributed by atoms with Crippen LogP contribution in [-0.4, -0.2) is 0 Å². The zero-order valence-electron chi connectivity index (χ0n) is 10.9. The molecule has 106 valence electrons. The van der Waals surface area contributed by atoms with Crippen LogP contribution in [0, 0.1) is 11.6 Å². The number of hydrogen-bond acceptors (Lipinski definition) is 2. The molecule has 0 aliphatic heterocycles. The molecule has 0 aliphatic carbocycles. The van der Waals surface area contributed by atoms with Crippen molar-refractivity contribution < 1.29 is 13.5 Å². The molecular weight excluding hydrogens is 284 g/mol. The van der Waals surface area contributed by atoms with Crippen LogP contribution in [0.2, 0.25) is 5.02 Å². The Bertz CT molecular complexity index is 617. The Labute approximate surface area is 121 Å². The Morgan fingerprint density at radius 3 is 2.55 bits per heavy atom. The van der Waals surface area contributed by atoms with Gasteiger partial charge in [0, 0.05) is 17.7 Å². The maximum absolute atomic E-state index is 13.5. The lowest BCUT2D eigenvalue weighted by Crippen LogP contribution is -2.05. The van der Waals surface area contributed by atoms with E-state index in [1.54, 1.807) is 18.2 Å². The van der Waals surface area contributed by atoms with Gasteiger partial charge >= 0.3 is 0 Å². The molecule has 0 heterocycles. The maximum Gasteiger partial charge on any atom is 0.138 e. The zero-order chi connectivity index (χ0) is 14.7.